The maximum absolute atomic E-state index is 12.6. The molecule has 1 saturated carbocycles. The second-order valence-corrected chi connectivity index (χ2v) is 6.62. The van der Waals surface area contributed by atoms with Gasteiger partial charge in [-0.15, -0.1) is 11.6 Å². The molecule has 1 aromatic rings. The molecule has 21 heavy (non-hydrogen) atoms. The number of carbonyl (C=O) groups is 1. The molecule has 1 aliphatic rings. The van der Waals surface area contributed by atoms with E-state index in [2.05, 4.69) is 12.2 Å². The molecule has 3 nitrogen and oxygen atoms in total. The molecule has 2 rings (SSSR count). The lowest BCUT2D eigenvalue weighted by molar-refractivity contribution is 0.0864. The van der Waals surface area contributed by atoms with Gasteiger partial charge < -0.3 is 10.1 Å². The van der Waals surface area contributed by atoms with Gasteiger partial charge in [0.2, 0.25) is 0 Å². The zero-order chi connectivity index (χ0) is 15.5. The number of carbonyl (C=O) groups excluding carboxylic acids is 1. The van der Waals surface area contributed by atoms with Crippen molar-refractivity contribution < 1.29 is 9.53 Å². The average Bonchev–Trinajstić information content (AvgIpc) is 2.46. The molecule has 116 valence electrons. The number of hydrogen-bond acceptors (Lipinski definition) is 2. The molecule has 2 unspecified atom stereocenters. The predicted octanol–water partition coefficient (Wildman–Crippen LogP) is 4.27. The summed E-state index contributed by atoms with van der Waals surface area (Å²) in [5, 5.41) is 3.67. The van der Waals surface area contributed by atoms with Gasteiger partial charge in [-0.2, -0.15) is 0 Å². The highest BCUT2D eigenvalue weighted by Crippen LogP contribution is 2.34. The van der Waals surface area contributed by atoms with Crippen LogP contribution in [-0.4, -0.2) is 24.4 Å². The number of halogens is 2. The largest absolute Gasteiger partial charge is 0.496 e. The Bertz CT molecular complexity index is 521. The molecule has 1 aromatic carbocycles. The smallest absolute Gasteiger partial charge is 0.255 e. The second-order valence-electron chi connectivity index (χ2n) is 5.91. The van der Waals surface area contributed by atoms with Crippen molar-refractivity contribution in [1.29, 1.82) is 0 Å². The molecule has 0 aliphatic heterocycles. The van der Waals surface area contributed by atoms with Gasteiger partial charge in [-0.1, -0.05) is 31.4 Å². The summed E-state index contributed by atoms with van der Waals surface area (Å²) in [5.41, 5.74) is 0.172. The van der Waals surface area contributed by atoms with Crippen LogP contribution >= 0.6 is 23.2 Å². The number of ether oxygens (including phenoxy) is 1. The Labute approximate surface area is 136 Å². The van der Waals surface area contributed by atoms with Gasteiger partial charge in [-0.05, 0) is 37.0 Å². The first-order chi connectivity index (χ1) is 9.99. The standard InChI is InChI=1S/C16H21Cl2NO2/c1-11-4-3-7-16(9-11,10-17)19-15(20)13-6-5-12(18)8-14(13)21-2/h5-6,8,11H,3-4,7,9-10H2,1-2H3,(H,19,20). The van der Waals surface area contributed by atoms with E-state index in [9.17, 15) is 4.79 Å². The Morgan fingerprint density at radius 1 is 1.52 bits per heavy atom. The van der Waals surface area contributed by atoms with Crippen LogP contribution in [0.15, 0.2) is 18.2 Å². The SMILES string of the molecule is COc1cc(Cl)ccc1C(=O)NC1(CCl)CCCC(C)C1. The highest BCUT2D eigenvalue weighted by molar-refractivity contribution is 6.30. The number of benzene rings is 1. The molecule has 0 bridgehead atoms. The fraction of sp³-hybridized carbons (Fsp3) is 0.562. The van der Waals surface area contributed by atoms with Gasteiger partial charge >= 0.3 is 0 Å². The van der Waals surface area contributed by atoms with Crippen LogP contribution in [0.2, 0.25) is 5.02 Å². The van der Waals surface area contributed by atoms with Gasteiger partial charge in [0, 0.05) is 10.9 Å². The van der Waals surface area contributed by atoms with Gasteiger partial charge in [0.1, 0.15) is 5.75 Å². The van der Waals surface area contributed by atoms with E-state index in [0.29, 0.717) is 28.1 Å². The first kappa shape index (κ1) is 16.4. The molecule has 1 fully saturated rings. The number of nitrogens with one attached hydrogen (secondary N) is 1. The summed E-state index contributed by atoms with van der Waals surface area (Å²) in [7, 11) is 1.53. The lowest BCUT2D eigenvalue weighted by atomic mass is 9.77. The fourth-order valence-corrected chi connectivity index (χ4v) is 3.56. The Balaban J connectivity index is 2.20. The van der Waals surface area contributed by atoms with Gasteiger partial charge in [0.25, 0.3) is 5.91 Å². The summed E-state index contributed by atoms with van der Waals surface area (Å²) in [6.07, 6.45) is 4.12. The Hall–Kier alpha value is -0.930. The Morgan fingerprint density at radius 2 is 2.29 bits per heavy atom. The quantitative estimate of drug-likeness (QED) is 0.838. The van der Waals surface area contributed by atoms with Crippen LogP contribution in [-0.2, 0) is 0 Å². The van der Waals surface area contributed by atoms with Crippen molar-refractivity contribution in [2.75, 3.05) is 13.0 Å². The molecule has 0 heterocycles. The molecule has 0 saturated heterocycles. The third kappa shape index (κ3) is 3.83. The van der Waals surface area contributed by atoms with Crippen LogP contribution < -0.4 is 10.1 Å². The van der Waals surface area contributed by atoms with Gasteiger partial charge in [-0.3, -0.25) is 4.79 Å². The molecular formula is C16H21Cl2NO2. The van der Waals surface area contributed by atoms with Crippen molar-refractivity contribution in [2.24, 2.45) is 5.92 Å². The van der Waals surface area contributed by atoms with Crippen molar-refractivity contribution in [3.8, 4) is 5.75 Å². The molecule has 1 amide bonds. The lowest BCUT2D eigenvalue weighted by Crippen LogP contribution is -2.52. The first-order valence-corrected chi connectivity index (χ1v) is 8.13. The number of hydrogen-bond donors (Lipinski definition) is 1. The van der Waals surface area contributed by atoms with E-state index in [1.165, 1.54) is 13.5 Å². The van der Waals surface area contributed by atoms with Gasteiger partial charge in [-0.25, -0.2) is 0 Å². The van der Waals surface area contributed by atoms with E-state index in [0.717, 1.165) is 19.3 Å². The van der Waals surface area contributed by atoms with E-state index in [4.69, 9.17) is 27.9 Å². The summed E-state index contributed by atoms with van der Waals surface area (Å²) in [4.78, 5) is 12.6. The van der Waals surface area contributed by atoms with E-state index < -0.39 is 0 Å². The molecule has 5 heteroatoms. The van der Waals surface area contributed by atoms with Crippen molar-refractivity contribution in [1.82, 2.24) is 5.32 Å². The Kier molecular flexibility index (Phi) is 5.39. The van der Waals surface area contributed by atoms with Crippen molar-refractivity contribution in [3.63, 3.8) is 0 Å². The summed E-state index contributed by atoms with van der Waals surface area (Å²) >= 11 is 12.1. The molecule has 0 spiro atoms. The normalized spacial score (nSPS) is 25.4. The summed E-state index contributed by atoms with van der Waals surface area (Å²) in [6, 6.07) is 5.02. The van der Waals surface area contributed by atoms with Crippen molar-refractivity contribution in [3.05, 3.63) is 28.8 Å². The van der Waals surface area contributed by atoms with E-state index in [1.54, 1.807) is 18.2 Å². The minimum atomic E-state index is -0.318. The van der Waals surface area contributed by atoms with E-state index in [1.807, 2.05) is 0 Å². The number of rotatable bonds is 4. The molecule has 0 aromatic heterocycles. The summed E-state index contributed by atoms with van der Waals surface area (Å²) < 4.78 is 5.25. The van der Waals surface area contributed by atoms with Gasteiger partial charge in [0.05, 0.1) is 18.2 Å². The molecule has 1 aliphatic carbocycles. The average molecular weight is 330 g/mol. The molecule has 0 radical (unpaired) electrons. The van der Waals surface area contributed by atoms with Gasteiger partial charge in [0.15, 0.2) is 0 Å². The lowest BCUT2D eigenvalue weighted by Gasteiger charge is -2.39. The molecular weight excluding hydrogens is 309 g/mol. The minimum absolute atomic E-state index is 0.154. The predicted molar refractivity (Wildman–Crippen MR) is 86.6 cm³/mol. The number of amides is 1. The minimum Gasteiger partial charge on any atom is -0.496 e. The molecule has 1 N–H and O–H groups in total. The van der Waals surface area contributed by atoms with Crippen LogP contribution in [0.25, 0.3) is 0 Å². The molecule has 2 atom stereocenters. The van der Waals surface area contributed by atoms with E-state index in [-0.39, 0.29) is 11.4 Å². The van der Waals surface area contributed by atoms with Crippen LogP contribution in [0, 0.1) is 5.92 Å². The summed E-state index contributed by atoms with van der Waals surface area (Å²) in [5.74, 6) is 1.33. The highest BCUT2D eigenvalue weighted by atomic mass is 35.5. The Morgan fingerprint density at radius 3 is 2.90 bits per heavy atom. The third-order valence-corrected chi connectivity index (χ3v) is 4.88. The third-order valence-electron chi connectivity index (χ3n) is 4.13. The van der Waals surface area contributed by atoms with Crippen molar-refractivity contribution in [2.45, 2.75) is 38.1 Å². The maximum Gasteiger partial charge on any atom is 0.255 e. The van der Waals surface area contributed by atoms with Crippen LogP contribution in [0.1, 0.15) is 43.0 Å². The number of methoxy groups -OCH3 is 1. The second kappa shape index (κ2) is 6.89. The zero-order valence-electron chi connectivity index (χ0n) is 12.4. The maximum atomic E-state index is 12.6. The van der Waals surface area contributed by atoms with Crippen LogP contribution in [0.3, 0.4) is 0 Å². The van der Waals surface area contributed by atoms with Crippen LogP contribution in [0.5, 0.6) is 5.75 Å². The zero-order valence-corrected chi connectivity index (χ0v) is 13.9. The topological polar surface area (TPSA) is 38.3 Å². The number of alkyl halides is 1. The fourth-order valence-electron chi connectivity index (χ4n) is 3.09. The summed E-state index contributed by atoms with van der Waals surface area (Å²) in [6.45, 7) is 2.20. The monoisotopic (exact) mass is 329 g/mol. The first-order valence-electron chi connectivity index (χ1n) is 7.22. The van der Waals surface area contributed by atoms with Crippen LogP contribution in [0.4, 0.5) is 0 Å². The highest BCUT2D eigenvalue weighted by Gasteiger charge is 2.36. The van der Waals surface area contributed by atoms with Crippen molar-refractivity contribution >= 4 is 29.1 Å². The van der Waals surface area contributed by atoms with E-state index >= 15 is 0 Å².